The lowest BCUT2D eigenvalue weighted by molar-refractivity contribution is -0.127. The molecule has 0 bridgehead atoms. The first-order valence-corrected chi connectivity index (χ1v) is 8.23. The third-order valence-corrected chi connectivity index (χ3v) is 3.75. The van der Waals surface area contributed by atoms with Crippen molar-refractivity contribution >= 4 is 35.8 Å². The fourth-order valence-electron chi connectivity index (χ4n) is 2.52. The van der Waals surface area contributed by atoms with E-state index in [4.69, 9.17) is 0 Å². The number of nitrogens with one attached hydrogen (secondary N) is 2. The van der Waals surface area contributed by atoms with Gasteiger partial charge in [0.1, 0.15) is 5.82 Å². The summed E-state index contributed by atoms with van der Waals surface area (Å²) in [5, 5.41) is 6.45. The van der Waals surface area contributed by atoms with Gasteiger partial charge in [0.2, 0.25) is 5.91 Å². The topological polar surface area (TPSA) is 56.7 Å². The first-order valence-electron chi connectivity index (χ1n) is 8.23. The average molecular weight is 448 g/mol. The van der Waals surface area contributed by atoms with E-state index < -0.39 is 0 Å². The highest BCUT2D eigenvalue weighted by Crippen LogP contribution is 2.09. The predicted molar refractivity (Wildman–Crippen MR) is 105 cm³/mol. The normalized spacial score (nSPS) is 14.5. The third kappa shape index (κ3) is 7.02. The van der Waals surface area contributed by atoms with Crippen LogP contribution in [-0.2, 0) is 11.3 Å². The molecule has 0 spiro atoms. The van der Waals surface area contributed by atoms with Gasteiger partial charge < -0.3 is 15.5 Å². The zero-order valence-electron chi connectivity index (χ0n) is 14.1. The van der Waals surface area contributed by atoms with Crippen molar-refractivity contribution in [3.05, 3.63) is 35.6 Å². The number of carbonyl (C=O) groups excluding carboxylic acids is 1. The highest BCUT2D eigenvalue weighted by molar-refractivity contribution is 14.0. The molecule has 2 rings (SSSR count). The smallest absolute Gasteiger partial charge is 0.222 e. The van der Waals surface area contributed by atoms with Crippen LogP contribution in [0.1, 0.15) is 31.7 Å². The molecule has 1 aliphatic heterocycles. The van der Waals surface area contributed by atoms with Crippen molar-refractivity contribution in [2.24, 2.45) is 4.99 Å². The number of benzene rings is 1. The molecule has 7 heteroatoms. The van der Waals surface area contributed by atoms with E-state index >= 15 is 0 Å². The highest BCUT2D eigenvalue weighted by Gasteiger charge is 2.18. The van der Waals surface area contributed by atoms with Crippen LogP contribution in [0.2, 0.25) is 0 Å². The molecule has 0 radical (unpaired) electrons. The summed E-state index contributed by atoms with van der Waals surface area (Å²) < 4.78 is 12.9. The highest BCUT2D eigenvalue weighted by atomic mass is 127. The van der Waals surface area contributed by atoms with E-state index in [1.54, 1.807) is 12.1 Å². The summed E-state index contributed by atoms with van der Waals surface area (Å²) >= 11 is 0. The number of hydrogen-bond donors (Lipinski definition) is 2. The molecule has 1 aromatic rings. The largest absolute Gasteiger partial charge is 0.357 e. The van der Waals surface area contributed by atoms with Crippen LogP contribution < -0.4 is 10.6 Å². The fourth-order valence-corrected chi connectivity index (χ4v) is 2.52. The van der Waals surface area contributed by atoms with Crippen molar-refractivity contribution in [2.75, 3.05) is 26.2 Å². The molecule has 5 nitrogen and oxygen atoms in total. The summed E-state index contributed by atoms with van der Waals surface area (Å²) in [7, 11) is 0. The number of hydrogen-bond acceptors (Lipinski definition) is 2. The fraction of sp³-hybridized carbons (Fsp3) is 0.529. The van der Waals surface area contributed by atoms with Crippen molar-refractivity contribution in [3.63, 3.8) is 0 Å². The summed E-state index contributed by atoms with van der Waals surface area (Å²) in [6.07, 6.45) is 2.57. The molecule has 0 atom stereocenters. The summed E-state index contributed by atoms with van der Waals surface area (Å²) in [6, 6.07) is 6.36. The van der Waals surface area contributed by atoms with Gasteiger partial charge in [0.05, 0.1) is 6.54 Å². The molecular formula is C17H26FIN4O. The first kappa shape index (κ1) is 20.7. The number of amides is 1. The minimum absolute atomic E-state index is 0. The summed E-state index contributed by atoms with van der Waals surface area (Å²) in [4.78, 5) is 17.9. The molecular weight excluding hydrogens is 422 g/mol. The molecule has 134 valence electrons. The number of guanidine groups is 1. The molecule has 1 aliphatic rings. The van der Waals surface area contributed by atoms with Gasteiger partial charge in [-0.2, -0.15) is 0 Å². The zero-order chi connectivity index (χ0) is 16.5. The Labute approximate surface area is 160 Å². The minimum atomic E-state index is -0.237. The van der Waals surface area contributed by atoms with Crippen LogP contribution in [0.5, 0.6) is 0 Å². The molecule has 0 aliphatic carbocycles. The lowest BCUT2D eigenvalue weighted by Gasteiger charge is -2.16. The number of aliphatic imine (C=N–C) groups is 1. The molecule has 2 N–H and O–H groups in total. The van der Waals surface area contributed by atoms with E-state index in [1.165, 1.54) is 12.1 Å². The van der Waals surface area contributed by atoms with Crippen LogP contribution in [-0.4, -0.2) is 42.9 Å². The maximum absolute atomic E-state index is 12.9. The van der Waals surface area contributed by atoms with Crippen LogP contribution in [0.25, 0.3) is 0 Å². The van der Waals surface area contributed by atoms with Gasteiger partial charge in [-0.1, -0.05) is 12.1 Å². The van der Waals surface area contributed by atoms with Gasteiger partial charge in [-0.25, -0.2) is 9.38 Å². The van der Waals surface area contributed by atoms with Crippen molar-refractivity contribution < 1.29 is 9.18 Å². The molecule has 0 aromatic heterocycles. The average Bonchev–Trinajstić information content (AvgIpc) is 2.96. The Morgan fingerprint density at radius 3 is 2.67 bits per heavy atom. The van der Waals surface area contributed by atoms with Crippen LogP contribution in [0.15, 0.2) is 29.3 Å². The first-order chi connectivity index (χ1) is 11.2. The molecule has 1 amide bonds. The van der Waals surface area contributed by atoms with Crippen molar-refractivity contribution in [2.45, 2.75) is 32.7 Å². The summed E-state index contributed by atoms with van der Waals surface area (Å²) in [5.74, 6) is 0.769. The molecule has 1 aromatic carbocycles. The maximum atomic E-state index is 12.9. The Kier molecular flexibility index (Phi) is 9.66. The molecule has 1 saturated heterocycles. The van der Waals surface area contributed by atoms with Gasteiger partial charge in [0.25, 0.3) is 0 Å². The number of rotatable bonds is 7. The Bertz CT molecular complexity index is 536. The van der Waals surface area contributed by atoms with Gasteiger partial charge in [-0.15, -0.1) is 24.0 Å². The monoisotopic (exact) mass is 448 g/mol. The SMILES string of the molecule is CCNC(=NCc1ccc(F)cc1)NCCCN1CCCC1=O.I. The van der Waals surface area contributed by atoms with E-state index in [0.717, 1.165) is 50.5 Å². The molecule has 0 unspecified atom stereocenters. The molecule has 1 heterocycles. The van der Waals surface area contributed by atoms with E-state index in [0.29, 0.717) is 13.0 Å². The second kappa shape index (κ2) is 11.2. The van der Waals surface area contributed by atoms with E-state index in [2.05, 4.69) is 15.6 Å². The zero-order valence-corrected chi connectivity index (χ0v) is 16.4. The van der Waals surface area contributed by atoms with E-state index in [9.17, 15) is 9.18 Å². The van der Waals surface area contributed by atoms with Gasteiger partial charge >= 0.3 is 0 Å². The Hall–Kier alpha value is -1.38. The third-order valence-electron chi connectivity index (χ3n) is 3.75. The maximum Gasteiger partial charge on any atom is 0.222 e. The predicted octanol–water partition coefficient (Wildman–Crippen LogP) is 2.51. The van der Waals surface area contributed by atoms with Crippen LogP contribution in [0.4, 0.5) is 4.39 Å². The Morgan fingerprint density at radius 1 is 1.29 bits per heavy atom. The standard InChI is InChI=1S/C17H25FN4O.HI/c1-2-19-17(21-13-14-6-8-15(18)9-7-14)20-10-4-12-22-11-3-5-16(22)23;/h6-9H,2-5,10-13H2,1H3,(H2,19,20,21);1H. The van der Waals surface area contributed by atoms with E-state index in [-0.39, 0.29) is 35.7 Å². The van der Waals surface area contributed by atoms with Gasteiger partial charge in [-0.05, 0) is 37.5 Å². The van der Waals surface area contributed by atoms with Crippen molar-refractivity contribution in [1.29, 1.82) is 0 Å². The van der Waals surface area contributed by atoms with Crippen molar-refractivity contribution in [1.82, 2.24) is 15.5 Å². The molecule has 1 fully saturated rings. The Morgan fingerprint density at radius 2 is 2.04 bits per heavy atom. The van der Waals surface area contributed by atoms with Crippen LogP contribution >= 0.6 is 24.0 Å². The van der Waals surface area contributed by atoms with Gasteiger partial charge in [0, 0.05) is 32.6 Å². The van der Waals surface area contributed by atoms with Crippen molar-refractivity contribution in [3.8, 4) is 0 Å². The Balaban J connectivity index is 0.00000288. The number of likely N-dealkylation sites (tertiary alicyclic amines) is 1. The van der Waals surface area contributed by atoms with E-state index in [1.807, 2.05) is 11.8 Å². The lowest BCUT2D eigenvalue weighted by Crippen LogP contribution is -2.39. The van der Waals surface area contributed by atoms with Gasteiger partial charge in [0.15, 0.2) is 5.96 Å². The number of carbonyl (C=O) groups is 1. The second-order valence-electron chi connectivity index (χ2n) is 5.59. The van der Waals surface area contributed by atoms with Crippen LogP contribution in [0, 0.1) is 5.82 Å². The quantitative estimate of drug-likeness (QED) is 0.292. The number of halogens is 2. The number of nitrogens with zero attached hydrogens (tertiary/aromatic N) is 2. The second-order valence-corrected chi connectivity index (χ2v) is 5.59. The summed E-state index contributed by atoms with van der Waals surface area (Å²) in [6.45, 7) is 5.73. The molecule has 24 heavy (non-hydrogen) atoms. The minimum Gasteiger partial charge on any atom is -0.357 e. The van der Waals surface area contributed by atoms with Gasteiger partial charge in [-0.3, -0.25) is 4.79 Å². The summed E-state index contributed by atoms with van der Waals surface area (Å²) in [5.41, 5.74) is 0.964. The molecule has 0 saturated carbocycles. The lowest BCUT2D eigenvalue weighted by atomic mass is 10.2. The van der Waals surface area contributed by atoms with Crippen LogP contribution in [0.3, 0.4) is 0 Å².